The van der Waals surface area contributed by atoms with Crippen molar-refractivity contribution in [3.63, 3.8) is 0 Å². The molecule has 0 spiro atoms. The minimum atomic E-state index is -4.53. The lowest BCUT2D eigenvalue weighted by Gasteiger charge is -2.30. The minimum absolute atomic E-state index is 0.0725. The molecule has 0 atom stereocenters. The second kappa shape index (κ2) is 5.69. The van der Waals surface area contributed by atoms with Crippen molar-refractivity contribution in [3.05, 3.63) is 0 Å². The molecule has 0 aromatic heterocycles. The quantitative estimate of drug-likeness (QED) is 0.768. The number of hydrogen-bond acceptors (Lipinski definition) is 4. The third kappa shape index (κ3) is 3.86. The largest absolute Gasteiger partial charge is 0.480 e. The van der Waals surface area contributed by atoms with E-state index in [1.807, 2.05) is 0 Å². The van der Waals surface area contributed by atoms with E-state index in [1.165, 1.54) is 0 Å². The van der Waals surface area contributed by atoms with Crippen LogP contribution in [-0.4, -0.2) is 55.4 Å². The highest BCUT2D eigenvalue weighted by Crippen LogP contribution is 2.20. The van der Waals surface area contributed by atoms with Gasteiger partial charge in [-0.25, -0.2) is 13.2 Å². The summed E-state index contributed by atoms with van der Waals surface area (Å²) in [7, 11) is -4.53. The van der Waals surface area contributed by atoms with Crippen molar-refractivity contribution in [2.75, 3.05) is 19.7 Å². The summed E-state index contributed by atoms with van der Waals surface area (Å²) in [5, 5.41) is 8.37. The fourth-order valence-corrected chi connectivity index (χ4v) is 2.50. The third-order valence-electron chi connectivity index (χ3n) is 2.43. The lowest BCUT2D eigenvalue weighted by molar-refractivity contribution is -0.145. The third-order valence-corrected chi connectivity index (χ3v) is 3.96. The molecule has 17 heavy (non-hydrogen) atoms. The predicted molar refractivity (Wildman–Crippen MR) is 53.1 cm³/mol. The second-order valence-corrected chi connectivity index (χ2v) is 5.51. The van der Waals surface area contributed by atoms with Crippen LogP contribution in [0.25, 0.3) is 0 Å². The van der Waals surface area contributed by atoms with Gasteiger partial charge in [0.2, 0.25) is 0 Å². The summed E-state index contributed by atoms with van der Waals surface area (Å²) >= 11 is 0. The predicted octanol–water partition coefficient (Wildman–Crippen LogP) is 0.104. The van der Waals surface area contributed by atoms with Crippen LogP contribution in [0.5, 0.6) is 0 Å². The number of aliphatic carboxylic acids is 1. The summed E-state index contributed by atoms with van der Waals surface area (Å²) < 4.78 is 52.3. The average Bonchev–Trinajstić information content (AvgIpc) is 2.26. The molecule has 9 heteroatoms. The first-order chi connectivity index (χ1) is 7.84. The lowest BCUT2D eigenvalue weighted by atomic mass is 10.1. The number of alkyl halides is 2. The molecule has 6 nitrogen and oxygen atoms in total. The Morgan fingerprint density at radius 2 is 1.94 bits per heavy atom. The Kier molecular flexibility index (Phi) is 4.78. The Bertz CT molecular complexity index is 364. The number of hydrogen-bond donors (Lipinski definition) is 1. The summed E-state index contributed by atoms with van der Waals surface area (Å²) in [6.07, 6.45) is 0.0496. The van der Waals surface area contributed by atoms with Crippen LogP contribution >= 0.6 is 0 Å². The van der Waals surface area contributed by atoms with Gasteiger partial charge in [0.1, 0.15) is 6.61 Å². The first-order valence-electron chi connectivity index (χ1n) is 4.94. The minimum Gasteiger partial charge on any atom is -0.480 e. The average molecular weight is 273 g/mol. The van der Waals surface area contributed by atoms with Gasteiger partial charge in [0.25, 0.3) is 10.0 Å². The summed E-state index contributed by atoms with van der Waals surface area (Å²) in [5.74, 6) is -4.54. The molecule has 0 aromatic carbocycles. The van der Waals surface area contributed by atoms with E-state index in [0.717, 1.165) is 0 Å². The monoisotopic (exact) mass is 273 g/mol. The summed E-state index contributed by atoms with van der Waals surface area (Å²) in [6, 6.07) is 0. The molecule has 1 fully saturated rings. The lowest BCUT2D eigenvalue weighted by Crippen LogP contribution is -2.43. The second-order valence-electron chi connectivity index (χ2n) is 3.61. The summed E-state index contributed by atoms with van der Waals surface area (Å²) in [5.41, 5.74) is 0. The molecule has 1 N–H and O–H groups in total. The zero-order chi connectivity index (χ0) is 13.1. The molecule has 100 valence electrons. The van der Waals surface area contributed by atoms with Crippen molar-refractivity contribution in [1.82, 2.24) is 4.31 Å². The van der Waals surface area contributed by atoms with E-state index in [4.69, 9.17) is 9.84 Å². The number of halogens is 2. The number of carboxylic acid groups (broad SMARTS) is 1. The van der Waals surface area contributed by atoms with Gasteiger partial charge in [-0.15, -0.1) is 0 Å². The highest BCUT2D eigenvalue weighted by molar-refractivity contribution is 7.89. The van der Waals surface area contributed by atoms with Gasteiger partial charge in [-0.1, -0.05) is 0 Å². The number of carbonyl (C=O) groups is 1. The standard InChI is InChI=1S/C8H13F2NO5S/c9-8(10)17(14,15)11-3-1-6(2-4-11)16-5-7(12)13/h6,8H,1-5H2,(H,12,13). The van der Waals surface area contributed by atoms with E-state index in [0.29, 0.717) is 4.31 Å². The molecular weight excluding hydrogens is 260 g/mol. The maximum atomic E-state index is 12.2. The van der Waals surface area contributed by atoms with Gasteiger partial charge in [0.15, 0.2) is 0 Å². The molecule has 0 saturated carbocycles. The number of rotatable bonds is 5. The smallest absolute Gasteiger partial charge is 0.350 e. The van der Waals surface area contributed by atoms with Crippen LogP contribution in [0.15, 0.2) is 0 Å². The van der Waals surface area contributed by atoms with Crippen LogP contribution in [0.1, 0.15) is 12.8 Å². The molecule has 1 heterocycles. The molecule has 0 aliphatic carbocycles. The van der Waals surface area contributed by atoms with E-state index < -0.39 is 34.5 Å². The molecular formula is C8H13F2NO5S. The molecule has 0 radical (unpaired) electrons. The number of ether oxygens (including phenoxy) is 1. The van der Waals surface area contributed by atoms with Gasteiger partial charge in [-0.05, 0) is 12.8 Å². The molecule has 0 aromatic rings. The SMILES string of the molecule is O=C(O)COC1CCN(S(=O)(=O)C(F)F)CC1. The van der Waals surface area contributed by atoms with Crippen molar-refractivity contribution in [2.45, 2.75) is 24.7 Å². The first kappa shape index (κ1) is 14.3. The van der Waals surface area contributed by atoms with Crippen molar-refractivity contribution < 1.29 is 31.8 Å². The van der Waals surface area contributed by atoms with Crippen molar-refractivity contribution >= 4 is 16.0 Å². The van der Waals surface area contributed by atoms with Crippen molar-refractivity contribution in [1.29, 1.82) is 0 Å². The van der Waals surface area contributed by atoms with E-state index >= 15 is 0 Å². The van der Waals surface area contributed by atoms with Crippen LogP contribution in [-0.2, 0) is 19.6 Å². The first-order valence-corrected chi connectivity index (χ1v) is 6.45. The van der Waals surface area contributed by atoms with Gasteiger partial charge in [-0.3, -0.25) is 0 Å². The fourth-order valence-electron chi connectivity index (χ4n) is 1.56. The van der Waals surface area contributed by atoms with Gasteiger partial charge in [0.05, 0.1) is 6.10 Å². The number of sulfonamides is 1. The molecule has 1 saturated heterocycles. The Hall–Kier alpha value is -0.800. The Labute approximate surface area is 97.2 Å². The van der Waals surface area contributed by atoms with E-state index in [2.05, 4.69) is 0 Å². The highest BCUT2D eigenvalue weighted by atomic mass is 32.2. The van der Waals surface area contributed by atoms with Crippen LogP contribution in [0.4, 0.5) is 8.78 Å². The van der Waals surface area contributed by atoms with Crippen LogP contribution < -0.4 is 0 Å². The highest BCUT2D eigenvalue weighted by Gasteiger charge is 2.34. The topological polar surface area (TPSA) is 83.9 Å². The van der Waals surface area contributed by atoms with Crippen molar-refractivity contribution in [2.24, 2.45) is 0 Å². The zero-order valence-electron chi connectivity index (χ0n) is 8.88. The van der Waals surface area contributed by atoms with Crippen LogP contribution in [0.2, 0.25) is 0 Å². The summed E-state index contributed by atoms with van der Waals surface area (Å²) in [6.45, 7) is -0.611. The van der Waals surface area contributed by atoms with Gasteiger partial charge >= 0.3 is 11.7 Å². The van der Waals surface area contributed by atoms with Gasteiger partial charge < -0.3 is 9.84 Å². The molecule has 1 rings (SSSR count). The molecule has 1 aliphatic rings. The maximum Gasteiger partial charge on any atom is 0.350 e. The van der Waals surface area contributed by atoms with Crippen LogP contribution in [0, 0.1) is 0 Å². The van der Waals surface area contributed by atoms with E-state index in [9.17, 15) is 22.0 Å². The van der Waals surface area contributed by atoms with Gasteiger partial charge in [0, 0.05) is 13.1 Å². The van der Waals surface area contributed by atoms with Crippen LogP contribution in [0.3, 0.4) is 0 Å². The molecule has 1 aliphatic heterocycles. The Morgan fingerprint density at radius 1 is 1.41 bits per heavy atom. The molecule has 0 amide bonds. The zero-order valence-corrected chi connectivity index (χ0v) is 9.70. The fraction of sp³-hybridized carbons (Fsp3) is 0.875. The summed E-state index contributed by atoms with van der Waals surface area (Å²) in [4.78, 5) is 10.2. The molecule has 0 bridgehead atoms. The Balaban J connectivity index is 2.43. The van der Waals surface area contributed by atoms with Gasteiger partial charge in [-0.2, -0.15) is 13.1 Å². The Morgan fingerprint density at radius 3 is 2.35 bits per heavy atom. The number of piperidine rings is 1. The van der Waals surface area contributed by atoms with E-state index in [-0.39, 0.29) is 25.9 Å². The van der Waals surface area contributed by atoms with E-state index in [1.54, 1.807) is 0 Å². The molecule has 0 unspecified atom stereocenters. The number of nitrogens with zero attached hydrogens (tertiary/aromatic N) is 1. The maximum absolute atomic E-state index is 12.2. The normalized spacial score (nSPS) is 19.7. The van der Waals surface area contributed by atoms with Crippen molar-refractivity contribution in [3.8, 4) is 0 Å². The number of carboxylic acids is 1.